The Morgan fingerprint density at radius 2 is 1.20 bits per heavy atom. The molecule has 4 nitrogen and oxygen atoms in total. The summed E-state index contributed by atoms with van der Waals surface area (Å²) in [5.41, 5.74) is 19.3. The fourth-order valence-corrected chi connectivity index (χ4v) is 7.06. The summed E-state index contributed by atoms with van der Waals surface area (Å²) in [5, 5.41) is 0. The Morgan fingerprint density at radius 3 is 1.73 bits per heavy atom. The molecule has 218 valence electrons. The van der Waals surface area contributed by atoms with Crippen molar-refractivity contribution >= 4 is 45.4 Å². The second-order valence-corrected chi connectivity index (χ2v) is 10.8. The van der Waals surface area contributed by atoms with Crippen LogP contribution in [0.1, 0.15) is 119 Å². The summed E-state index contributed by atoms with van der Waals surface area (Å²) in [6.45, 7) is 19.2. The molecule has 0 unspecified atom stereocenters. The van der Waals surface area contributed by atoms with Gasteiger partial charge in [-0.3, -0.25) is 0 Å². The topological polar surface area (TPSA) is 46.5 Å². The van der Waals surface area contributed by atoms with E-state index in [4.69, 9.17) is 9.97 Å². The number of aromatic amines is 1. The van der Waals surface area contributed by atoms with E-state index in [2.05, 4.69) is 95.3 Å². The molecule has 3 aromatic heterocycles. The Balaban J connectivity index is 0.00000387. The van der Waals surface area contributed by atoms with Crippen molar-refractivity contribution < 1.29 is 39.9 Å². The summed E-state index contributed by atoms with van der Waals surface area (Å²) >= 11 is 0. The Morgan fingerprint density at radius 1 is 0.610 bits per heavy atom. The minimum Gasteiger partial charge on any atom is -0.355 e. The van der Waals surface area contributed by atoms with Gasteiger partial charge in [0.15, 0.2) is 0 Å². The number of fused-ring (bicyclic) bond motifs is 8. The number of nitrogens with zero attached hydrogens (tertiary/aromatic N) is 3. The average molecular weight is 692 g/mol. The maximum Gasteiger partial charge on any atom is 0.0725 e. The van der Waals surface area contributed by atoms with Gasteiger partial charge in [0, 0.05) is 74.2 Å². The van der Waals surface area contributed by atoms with Crippen molar-refractivity contribution in [2.75, 3.05) is 0 Å². The van der Waals surface area contributed by atoms with Crippen molar-refractivity contribution in [2.24, 2.45) is 0 Å². The van der Waals surface area contributed by atoms with Crippen molar-refractivity contribution in [3.8, 4) is 0 Å². The molecule has 41 heavy (non-hydrogen) atoms. The summed E-state index contributed by atoms with van der Waals surface area (Å²) in [5.74, 6) is 0. The zero-order valence-corrected chi connectivity index (χ0v) is 28.5. The van der Waals surface area contributed by atoms with Gasteiger partial charge in [-0.05, 0) is 110 Å². The zero-order chi connectivity index (χ0) is 28.6. The predicted octanol–water partition coefficient (Wildman–Crippen LogP) is 9.52. The standard InChI is InChI=1S/C36H46N4.Gd/c1-9-22-19-25-20-23-17-18-24(37-23)21-32-26(10-2)29(13-5)36(40(32)16-8)31(15-7)35-28(12-4)27(11-3)34(39-35)30(14-6)33(22)38-25;/h17-21,38H,9-16H2,1-8H3;. The van der Waals surface area contributed by atoms with Gasteiger partial charge in [0.25, 0.3) is 0 Å². The van der Waals surface area contributed by atoms with E-state index in [1.54, 1.807) is 0 Å². The molecule has 5 heteroatoms. The zero-order valence-electron chi connectivity index (χ0n) is 26.2. The summed E-state index contributed by atoms with van der Waals surface area (Å²) in [7, 11) is 0. The van der Waals surface area contributed by atoms with Crippen LogP contribution in [-0.4, -0.2) is 19.5 Å². The summed E-state index contributed by atoms with van der Waals surface area (Å²) in [6, 6.07) is 6.80. The molecule has 0 aromatic carbocycles. The van der Waals surface area contributed by atoms with Crippen LogP contribution in [-0.2, 0) is 38.6 Å². The van der Waals surface area contributed by atoms with Crippen molar-refractivity contribution in [3.63, 3.8) is 0 Å². The first-order valence-electron chi connectivity index (χ1n) is 15.7. The van der Waals surface area contributed by atoms with Gasteiger partial charge in [-0.1, -0.05) is 48.5 Å². The second kappa shape index (κ2) is 13.5. The van der Waals surface area contributed by atoms with E-state index >= 15 is 0 Å². The van der Waals surface area contributed by atoms with E-state index < -0.39 is 0 Å². The maximum absolute atomic E-state index is 5.61. The van der Waals surface area contributed by atoms with Crippen molar-refractivity contribution in [2.45, 2.75) is 107 Å². The molecule has 0 atom stereocenters. The Hall–Kier alpha value is -2.08. The number of hydrogen-bond donors (Lipinski definition) is 1. The van der Waals surface area contributed by atoms with Crippen molar-refractivity contribution in [1.82, 2.24) is 19.5 Å². The second-order valence-electron chi connectivity index (χ2n) is 10.8. The number of hydrogen-bond acceptors (Lipinski definition) is 2. The molecule has 0 saturated heterocycles. The third-order valence-corrected chi connectivity index (χ3v) is 8.85. The van der Waals surface area contributed by atoms with Gasteiger partial charge >= 0.3 is 0 Å². The quantitative estimate of drug-likeness (QED) is 0.200. The van der Waals surface area contributed by atoms with Crippen LogP contribution in [0.2, 0.25) is 0 Å². The minimum absolute atomic E-state index is 0. The molecule has 1 N–H and O–H groups in total. The van der Waals surface area contributed by atoms with Gasteiger partial charge < -0.3 is 9.55 Å². The van der Waals surface area contributed by atoms with Crippen molar-refractivity contribution in [1.29, 1.82) is 0 Å². The van der Waals surface area contributed by atoms with E-state index in [1.165, 1.54) is 66.9 Å². The summed E-state index contributed by atoms with van der Waals surface area (Å²) in [4.78, 5) is 14.4. The molecule has 0 radical (unpaired) electrons. The number of aromatic nitrogens is 4. The Labute approximate surface area is 278 Å². The smallest absolute Gasteiger partial charge is 0.0725 e. The van der Waals surface area contributed by atoms with Crippen LogP contribution in [0, 0.1) is 39.9 Å². The van der Waals surface area contributed by atoms with Gasteiger partial charge in [-0.15, -0.1) is 0 Å². The first-order chi connectivity index (χ1) is 19.5. The van der Waals surface area contributed by atoms with E-state index in [9.17, 15) is 0 Å². The van der Waals surface area contributed by atoms with Crippen molar-refractivity contribution in [3.05, 3.63) is 68.8 Å². The first kappa shape index (κ1) is 31.9. The van der Waals surface area contributed by atoms with Crippen LogP contribution in [0.25, 0.3) is 45.4 Å². The van der Waals surface area contributed by atoms with E-state index in [-0.39, 0.29) is 39.9 Å². The number of allylic oxidation sites excluding steroid dienone is 2. The molecule has 8 bridgehead atoms. The van der Waals surface area contributed by atoms with Gasteiger partial charge in [0.1, 0.15) is 0 Å². The van der Waals surface area contributed by atoms with E-state index in [0.29, 0.717) is 0 Å². The van der Waals surface area contributed by atoms with Gasteiger partial charge in [-0.2, -0.15) is 0 Å². The summed E-state index contributed by atoms with van der Waals surface area (Å²) in [6.07, 6.45) is 11.2. The van der Waals surface area contributed by atoms with Crippen LogP contribution < -0.4 is 0 Å². The van der Waals surface area contributed by atoms with Crippen LogP contribution in [0.5, 0.6) is 0 Å². The minimum atomic E-state index is 0. The molecule has 0 amide bonds. The van der Waals surface area contributed by atoms with Gasteiger partial charge in [0.05, 0.1) is 28.3 Å². The molecule has 5 heterocycles. The van der Waals surface area contributed by atoms with Crippen LogP contribution in [0.3, 0.4) is 0 Å². The molecule has 2 aliphatic heterocycles. The average Bonchev–Trinajstić information content (AvgIpc) is 3.73. The van der Waals surface area contributed by atoms with Gasteiger partial charge in [-0.25, -0.2) is 9.97 Å². The monoisotopic (exact) mass is 692 g/mol. The number of rotatable bonds is 8. The molecular weight excluding hydrogens is 646 g/mol. The number of H-pyrrole nitrogens is 1. The van der Waals surface area contributed by atoms with Crippen LogP contribution in [0.15, 0.2) is 18.2 Å². The normalized spacial score (nSPS) is 12.8. The molecule has 0 saturated carbocycles. The fourth-order valence-electron chi connectivity index (χ4n) is 7.06. The maximum atomic E-state index is 5.61. The summed E-state index contributed by atoms with van der Waals surface area (Å²) < 4.78 is 2.55. The molecule has 0 aliphatic carbocycles. The third-order valence-electron chi connectivity index (χ3n) is 8.85. The molecule has 3 aromatic rings. The van der Waals surface area contributed by atoms with E-state index in [0.717, 1.165) is 68.4 Å². The predicted molar refractivity (Wildman–Crippen MR) is 174 cm³/mol. The van der Waals surface area contributed by atoms with Crippen LogP contribution >= 0.6 is 0 Å². The Kier molecular flexibility index (Phi) is 10.5. The number of aryl methyl sites for hydroxylation is 6. The Bertz CT molecular complexity index is 1680. The molecule has 0 fully saturated rings. The van der Waals surface area contributed by atoms with Gasteiger partial charge in [0.2, 0.25) is 0 Å². The fraction of sp³-hybridized carbons (Fsp3) is 0.444. The molecule has 5 rings (SSSR count). The molecular formula is C36H46GdN4. The van der Waals surface area contributed by atoms with E-state index in [1.807, 2.05) is 0 Å². The first-order valence-corrected chi connectivity index (χ1v) is 15.7. The molecule has 0 spiro atoms. The molecule has 2 aliphatic rings. The third kappa shape index (κ3) is 5.43. The number of nitrogens with one attached hydrogen (secondary N) is 1. The largest absolute Gasteiger partial charge is 0.355 e. The van der Waals surface area contributed by atoms with Crippen LogP contribution in [0.4, 0.5) is 0 Å². The SMILES string of the molecule is CCC1=C(CC)c2nc1c(CC)c1[nH]c(cc3nc(cc4c(CC)c(CC)c(c2CC)n4CC)C=C3)cc1CC.[Gd].